The molecule has 0 spiro atoms. The predicted molar refractivity (Wildman–Crippen MR) is 169 cm³/mol. The molecule has 2 heteroatoms. The Morgan fingerprint density at radius 3 is 2.08 bits per heavy atom. The largest absolute Gasteiger partial charge is 0.344 e. The monoisotopic (exact) mass is 513 g/mol. The van der Waals surface area contributed by atoms with Crippen LogP contribution in [0.1, 0.15) is 65.5 Å². The van der Waals surface area contributed by atoms with Crippen LogP contribution in [0.4, 0.5) is 11.4 Å². The number of anilines is 1. The van der Waals surface area contributed by atoms with Crippen LogP contribution < -0.4 is 4.90 Å². The lowest BCUT2D eigenvalue weighted by Crippen LogP contribution is -2.28. The number of hydrogen-bond acceptors (Lipinski definition) is 1. The number of benzene rings is 4. The third-order valence-electron chi connectivity index (χ3n) is 9.11. The first-order valence-electron chi connectivity index (χ1n) is 14.7. The van der Waals surface area contributed by atoms with Crippen LogP contribution in [0.3, 0.4) is 0 Å². The maximum Gasteiger partial charge on any atom is 0.217 e. The maximum atomic E-state index is 2.61. The summed E-state index contributed by atoms with van der Waals surface area (Å²) < 4.78 is 2.61. The molecule has 4 aromatic rings. The fourth-order valence-corrected chi connectivity index (χ4v) is 7.00. The SMILES string of the molecule is CCCC[N+]1=C(C=CC=C2N(CC)c3c(ccc4ccccc34)C2(C)C)C(C)(C)c2ccc3ccccc3c21. The van der Waals surface area contributed by atoms with Gasteiger partial charge in [0.2, 0.25) is 5.69 Å². The average Bonchev–Trinajstić information content (AvgIpc) is 3.30. The van der Waals surface area contributed by atoms with Gasteiger partial charge in [-0.1, -0.05) is 100.0 Å². The zero-order valence-electron chi connectivity index (χ0n) is 24.4. The van der Waals surface area contributed by atoms with Gasteiger partial charge in [0, 0.05) is 41.1 Å². The second-order valence-electron chi connectivity index (χ2n) is 12.2. The van der Waals surface area contributed by atoms with E-state index >= 15 is 0 Å². The number of hydrogen-bond donors (Lipinski definition) is 0. The summed E-state index contributed by atoms with van der Waals surface area (Å²) in [5, 5.41) is 5.33. The van der Waals surface area contributed by atoms with Gasteiger partial charge in [0.15, 0.2) is 5.71 Å². The molecule has 4 aromatic carbocycles. The van der Waals surface area contributed by atoms with Crippen LogP contribution in [0.2, 0.25) is 0 Å². The molecule has 39 heavy (non-hydrogen) atoms. The molecule has 2 nitrogen and oxygen atoms in total. The van der Waals surface area contributed by atoms with Gasteiger partial charge >= 0.3 is 0 Å². The van der Waals surface area contributed by atoms with Gasteiger partial charge in [0.25, 0.3) is 0 Å². The van der Waals surface area contributed by atoms with Crippen LogP contribution >= 0.6 is 0 Å². The standard InChI is InChI=1S/C37H41N2/c1-7-9-25-39-33(37(5,6)31-24-22-27-16-11-13-18-29(27)35(31)39)20-14-19-32-36(3,4)30-23-21-26-15-10-12-17-28(26)34(30)38(32)8-2/h10-24H,7-9,25H2,1-6H3/q+1. The Bertz CT molecular complexity index is 1680. The van der Waals surface area contributed by atoms with Gasteiger partial charge in [-0.2, -0.15) is 4.58 Å². The van der Waals surface area contributed by atoms with Gasteiger partial charge in [-0.15, -0.1) is 0 Å². The number of unbranched alkanes of at least 4 members (excludes halogenated alkanes) is 1. The van der Waals surface area contributed by atoms with E-state index in [4.69, 9.17) is 0 Å². The Morgan fingerprint density at radius 2 is 1.38 bits per heavy atom. The van der Waals surface area contributed by atoms with E-state index in [-0.39, 0.29) is 10.8 Å². The Balaban J connectivity index is 1.47. The molecule has 0 saturated carbocycles. The second-order valence-corrected chi connectivity index (χ2v) is 12.2. The van der Waals surface area contributed by atoms with Gasteiger partial charge in [-0.05, 0) is 49.2 Å². The topological polar surface area (TPSA) is 6.25 Å². The molecule has 0 bridgehead atoms. The van der Waals surface area contributed by atoms with Crippen molar-refractivity contribution in [2.45, 2.75) is 65.2 Å². The lowest BCUT2D eigenvalue weighted by atomic mass is 9.80. The van der Waals surface area contributed by atoms with E-state index in [2.05, 4.69) is 142 Å². The molecule has 0 fully saturated rings. The summed E-state index contributed by atoms with van der Waals surface area (Å²) in [6.45, 7) is 16.1. The molecular formula is C37H41N2+. The van der Waals surface area contributed by atoms with E-state index in [9.17, 15) is 0 Å². The van der Waals surface area contributed by atoms with E-state index in [1.807, 2.05) is 0 Å². The highest BCUT2D eigenvalue weighted by Gasteiger charge is 2.45. The smallest absolute Gasteiger partial charge is 0.217 e. The first-order chi connectivity index (χ1) is 18.8. The normalized spacial score (nSPS) is 18.6. The summed E-state index contributed by atoms with van der Waals surface area (Å²) >= 11 is 0. The molecule has 2 heterocycles. The quantitative estimate of drug-likeness (QED) is 0.233. The molecule has 0 N–H and O–H groups in total. The predicted octanol–water partition coefficient (Wildman–Crippen LogP) is 9.43. The Labute approximate surface area is 234 Å². The van der Waals surface area contributed by atoms with Crippen molar-refractivity contribution in [2.24, 2.45) is 0 Å². The van der Waals surface area contributed by atoms with Crippen LogP contribution in [0.25, 0.3) is 21.5 Å². The van der Waals surface area contributed by atoms with Crippen molar-refractivity contribution >= 4 is 38.6 Å². The second kappa shape index (κ2) is 9.52. The Hall–Kier alpha value is -3.65. The molecule has 0 aliphatic carbocycles. The number of likely N-dealkylation sites (N-methyl/N-ethyl adjacent to an activating group) is 1. The number of rotatable bonds is 6. The maximum absolute atomic E-state index is 2.61. The van der Waals surface area contributed by atoms with Crippen molar-refractivity contribution in [1.29, 1.82) is 0 Å². The van der Waals surface area contributed by atoms with Crippen molar-refractivity contribution < 1.29 is 4.58 Å². The molecule has 0 amide bonds. The first-order valence-corrected chi connectivity index (χ1v) is 14.7. The lowest BCUT2D eigenvalue weighted by Gasteiger charge is -2.26. The van der Waals surface area contributed by atoms with E-state index < -0.39 is 0 Å². The molecule has 6 rings (SSSR count). The van der Waals surface area contributed by atoms with Crippen molar-refractivity contribution in [3.8, 4) is 0 Å². The van der Waals surface area contributed by atoms with Crippen molar-refractivity contribution in [3.05, 3.63) is 108 Å². The van der Waals surface area contributed by atoms with Gasteiger partial charge in [0.1, 0.15) is 6.54 Å². The summed E-state index contributed by atoms with van der Waals surface area (Å²) in [6, 6.07) is 26.9. The minimum Gasteiger partial charge on any atom is -0.344 e. The molecule has 2 aliphatic heterocycles. The summed E-state index contributed by atoms with van der Waals surface area (Å²) in [6.07, 6.45) is 9.45. The van der Waals surface area contributed by atoms with Crippen LogP contribution in [0.5, 0.6) is 0 Å². The minimum absolute atomic E-state index is 0.0586. The van der Waals surface area contributed by atoms with Crippen LogP contribution in [0, 0.1) is 0 Å². The van der Waals surface area contributed by atoms with Crippen molar-refractivity contribution in [2.75, 3.05) is 18.0 Å². The van der Waals surface area contributed by atoms with Gasteiger partial charge in [0.05, 0.1) is 16.5 Å². The zero-order valence-corrected chi connectivity index (χ0v) is 24.4. The highest BCUT2D eigenvalue weighted by atomic mass is 15.2. The number of fused-ring (bicyclic) bond motifs is 6. The van der Waals surface area contributed by atoms with E-state index in [1.165, 1.54) is 68.3 Å². The van der Waals surface area contributed by atoms with E-state index in [0.717, 1.165) is 13.1 Å². The molecule has 0 aromatic heterocycles. The molecule has 0 unspecified atom stereocenters. The zero-order chi connectivity index (χ0) is 27.4. The Morgan fingerprint density at radius 1 is 0.744 bits per heavy atom. The minimum atomic E-state index is -0.0589. The summed E-state index contributed by atoms with van der Waals surface area (Å²) in [5.74, 6) is 0. The van der Waals surface area contributed by atoms with Crippen LogP contribution in [-0.2, 0) is 10.8 Å². The van der Waals surface area contributed by atoms with Gasteiger partial charge < -0.3 is 4.90 Å². The highest BCUT2D eigenvalue weighted by Crippen LogP contribution is 2.50. The molecule has 0 atom stereocenters. The fourth-order valence-electron chi connectivity index (χ4n) is 7.00. The van der Waals surface area contributed by atoms with E-state index in [1.54, 1.807) is 0 Å². The van der Waals surface area contributed by atoms with E-state index in [0.29, 0.717) is 0 Å². The molecule has 198 valence electrons. The third kappa shape index (κ3) is 3.87. The number of nitrogens with zero attached hydrogens (tertiary/aromatic N) is 2. The summed E-state index contributed by atoms with van der Waals surface area (Å²) in [4.78, 5) is 2.53. The van der Waals surface area contributed by atoms with Gasteiger partial charge in [-0.3, -0.25) is 0 Å². The fraction of sp³-hybridized carbons (Fsp3) is 0.324. The number of allylic oxidation sites excluding steroid dienone is 4. The molecule has 2 aliphatic rings. The molecular weight excluding hydrogens is 472 g/mol. The van der Waals surface area contributed by atoms with Crippen molar-refractivity contribution in [3.63, 3.8) is 0 Å². The van der Waals surface area contributed by atoms with Crippen LogP contribution in [0.15, 0.2) is 96.7 Å². The van der Waals surface area contributed by atoms with Crippen molar-refractivity contribution in [1.82, 2.24) is 0 Å². The molecule has 0 radical (unpaired) electrons. The average molecular weight is 514 g/mol. The summed E-state index contributed by atoms with van der Waals surface area (Å²) in [5.41, 5.74) is 8.26. The Kier molecular flexibility index (Phi) is 6.25. The van der Waals surface area contributed by atoms with Gasteiger partial charge in [-0.25, -0.2) is 0 Å². The third-order valence-corrected chi connectivity index (χ3v) is 9.11. The molecule has 0 saturated heterocycles. The lowest BCUT2D eigenvalue weighted by molar-refractivity contribution is -0.436. The highest BCUT2D eigenvalue weighted by molar-refractivity contribution is 6.07. The van der Waals surface area contributed by atoms with Crippen LogP contribution in [-0.4, -0.2) is 23.4 Å². The summed E-state index contributed by atoms with van der Waals surface area (Å²) in [7, 11) is 0. The first kappa shape index (κ1) is 25.6.